The summed E-state index contributed by atoms with van der Waals surface area (Å²) in [6.45, 7) is 5.20. The highest BCUT2D eigenvalue weighted by molar-refractivity contribution is 7.20. The molecule has 0 unspecified atom stereocenters. The summed E-state index contributed by atoms with van der Waals surface area (Å²) >= 11 is 1.35. The van der Waals surface area contributed by atoms with E-state index in [0.29, 0.717) is 4.88 Å². The molecule has 4 rings (SSSR count). The van der Waals surface area contributed by atoms with Crippen LogP contribution >= 0.6 is 11.3 Å². The number of cyclic esters (lactones) is 1. The number of ether oxygens (including phenoxy) is 1. The third-order valence-corrected chi connectivity index (χ3v) is 5.82. The second kappa shape index (κ2) is 7.00. The molecule has 0 aliphatic carbocycles. The number of nitrogens with one attached hydrogen (secondary N) is 1. The monoisotopic (exact) mass is 412 g/mol. The standard InChI is InChI=1S/C20H20N4O4S/c1-12-14-11-15(29-17(14)24(22-12)13-7-5-4-6-8-13)16(25)21-9-10-23-18(26)20(2,3)28-19(23)27/h4-8,11H,9-10H2,1-3H3,(H,21,25). The summed E-state index contributed by atoms with van der Waals surface area (Å²) in [4.78, 5) is 39.0. The van der Waals surface area contributed by atoms with Crippen molar-refractivity contribution in [3.63, 3.8) is 0 Å². The Bertz CT molecular complexity index is 1120. The molecule has 3 heterocycles. The SMILES string of the molecule is Cc1nn(-c2ccccc2)c2sc(C(=O)NCCN3C(=O)OC(C)(C)C3=O)cc12. The van der Waals surface area contributed by atoms with Crippen molar-refractivity contribution in [3.05, 3.63) is 47.0 Å². The minimum absolute atomic E-state index is 0.0640. The minimum Gasteiger partial charge on any atom is -0.433 e. The zero-order valence-corrected chi connectivity index (χ0v) is 17.1. The van der Waals surface area contributed by atoms with Gasteiger partial charge in [0.15, 0.2) is 5.60 Å². The van der Waals surface area contributed by atoms with Crippen LogP contribution in [0.5, 0.6) is 0 Å². The number of benzene rings is 1. The largest absolute Gasteiger partial charge is 0.433 e. The highest BCUT2D eigenvalue weighted by Crippen LogP contribution is 2.30. The molecule has 8 nitrogen and oxygen atoms in total. The fraction of sp³-hybridized carbons (Fsp3) is 0.300. The van der Waals surface area contributed by atoms with Crippen molar-refractivity contribution in [2.45, 2.75) is 26.4 Å². The van der Waals surface area contributed by atoms with E-state index >= 15 is 0 Å². The van der Waals surface area contributed by atoms with E-state index in [-0.39, 0.29) is 19.0 Å². The highest BCUT2D eigenvalue weighted by atomic mass is 32.1. The van der Waals surface area contributed by atoms with E-state index in [4.69, 9.17) is 4.74 Å². The molecule has 0 atom stereocenters. The van der Waals surface area contributed by atoms with Gasteiger partial charge in [-0.15, -0.1) is 11.3 Å². The number of aryl methyl sites for hydroxylation is 1. The lowest BCUT2D eigenvalue weighted by atomic mass is 10.1. The molecule has 29 heavy (non-hydrogen) atoms. The number of hydrogen-bond acceptors (Lipinski definition) is 6. The van der Waals surface area contributed by atoms with Crippen LogP contribution in [0.2, 0.25) is 0 Å². The Morgan fingerprint density at radius 2 is 1.97 bits per heavy atom. The van der Waals surface area contributed by atoms with Gasteiger partial charge in [-0.25, -0.2) is 14.4 Å². The molecule has 9 heteroatoms. The van der Waals surface area contributed by atoms with Crippen LogP contribution in [0.15, 0.2) is 36.4 Å². The molecule has 150 valence electrons. The van der Waals surface area contributed by atoms with Crippen molar-refractivity contribution >= 4 is 39.5 Å². The number of thiophene rings is 1. The molecule has 3 amide bonds. The van der Waals surface area contributed by atoms with Gasteiger partial charge in [0, 0.05) is 18.5 Å². The Hall–Kier alpha value is -3.20. The lowest BCUT2D eigenvalue weighted by Crippen LogP contribution is -2.40. The lowest BCUT2D eigenvalue weighted by Gasteiger charge is -2.13. The van der Waals surface area contributed by atoms with Crippen LogP contribution in [0.3, 0.4) is 0 Å². The first-order chi connectivity index (χ1) is 13.8. The van der Waals surface area contributed by atoms with Crippen LogP contribution in [-0.4, -0.2) is 51.3 Å². The Morgan fingerprint density at radius 1 is 1.24 bits per heavy atom. The van der Waals surface area contributed by atoms with Crippen LogP contribution in [0.4, 0.5) is 4.79 Å². The predicted octanol–water partition coefficient (Wildman–Crippen LogP) is 2.88. The van der Waals surface area contributed by atoms with Crippen molar-refractivity contribution < 1.29 is 19.1 Å². The number of carbonyl (C=O) groups is 3. The molecule has 1 N–H and O–H groups in total. The minimum atomic E-state index is -1.16. The Morgan fingerprint density at radius 3 is 2.62 bits per heavy atom. The zero-order valence-electron chi connectivity index (χ0n) is 16.3. The van der Waals surface area contributed by atoms with E-state index in [1.807, 2.05) is 48.0 Å². The van der Waals surface area contributed by atoms with Gasteiger partial charge in [-0.2, -0.15) is 5.10 Å². The topological polar surface area (TPSA) is 93.5 Å². The van der Waals surface area contributed by atoms with Crippen LogP contribution in [-0.2, 0) is 9.53 Å². The fourth-order valence-corrected chi connectivity index (χ4v) is 4.29. The number of carbonyl (C=O) groups excluding carboxylic acids is 3. The number of nitrogens with zero attached hydrogens (tertiary/aromatic N) is 3. The Kier molecular flexibility index (Phi) is 4.62. The van der Waals surface area contributed by atoms with Crippen LogP contribution in [0, 0.1) is 6.92 Å². The molecule has 1 aromatic carbocycles. The second-order valence-corrected chi connectivity index (χ2v) is 8.28. The van der Waals surface area contributed by atoms with E-state index in [1.54, 1.807) is 13.8 Å². The van der Waals surface area contributed by atoms with Crippen molar-refractivity contribution in [2.75, 3.05) is 13.1 Å². The number of hydrogen-bond donors (Lipinski definition) is 1. The molecule has 0 spiro atoms. The van der Waals surface area contributed by atoms with Gasteiger partial charge in [-0.05, 0) is 39.0 Å². The van der Waals surface area contributed by atoms with E-state index < -0.39 is 17.6 Å². The molecular formula is C20H20N4O4S. The third-order valence-electron chi connectivity index (χ3n) is 4.71. The number of para-hydroxylation sites is 1. The van der Waals surface area contributed by atoms with Gasteiger partial charge in [-0.3, -0.25) is 9.59 Å². The molecule has 1 fully saturated rings. The first-order valence-electron chi connectivity index (χ1n) is 9.15. The van der Waals surface area contributed by atoms with Crippen molar-refractivity contribution in [1.29, 1.82) is 0 Å². The summed E-state index contributed by atoms with van der Waals surface area (Å²) < 4.78 is 6.86. The van der Waals surface area contributed by atoms with Crippen LogP contribution in [0.1, 0.15) is 29.2 Å². The molecule has 1 aliphatic rings. The van der Waals surface area contributed by atoms with E-state index in [1.165, 1.54) is 11.3 Å². The normalized spacial score (nSPS) is 15.8. The van der Waals surface area contributed by atoms with Gasteiger partial charge in [0.25, 0.3) is 11.8 Å². The number of imide groups is 1. The van der Waals surface area contributed by atoms with Gasteiger partial charge in [0.1, 0.15) is 4.83 Å². The Balaban J connectivity index is 1.47. The molecule has 0 saturated carbocycles. The summed E-state index contributed by atoms with van der Waals surface area (Å²) in [5.41, 5.74) is 0.604. The summed E-state index contributed by atoms with van der Waals surface area (Å²) in [5, 5.41) is 8.25. The van der Waals surface area contributed by atoms with E-state index in [0.717, 1.165) is 26.5 Å². The smallest absolute Gasteiger partial charge is 0.417 e. The number of rotatable bonds is 5. The number of amides is 3. The number of aromatic nitrogens is 2. The lowest BCUT2D eigenvalue weighted by molar-refractivity contribution is -0.134. The molecule has 2 aromatic heterocycles. The summed E-state index contributed by atoms with van der Waals surface area (Å²) in [7, 11) is 0. The molecule has 3 aromatic rings. The maximum absolute atomic E-state index is 12.6. The maximum Gasteiger partial charge on any atom is 0.417 e. The van der Waals surface area contributed by atoms with Crippen LogP contribution < -0.4 is 5.32 Å². The van der Waals surface area contributed by atoms with Gasteiger partial charge >= 0.3 is 6.09 Å². The molecule has 0 radical (unpaired) electrons. The van der Waals surface area contributed by atoms with Gasteiger partial charge in [0.05, 0.1) is 16.3 Å². The molecule has 1 aliphatic heterocycles. The predicted molar refractivity (Wildman–Crippen MR) is 108 cm³/mol. The van der Waals surface area contributed by atoms with Crippen molar-refractivity contribution in [3.8, 4) is 5.69 Å². The summed E-state index contributed by atoms with van der Waals surface area (Å²) in [6, 6.07) is 11.5. The quantitative estimate of drug-likeness (QED) is 0.696. The van der Waals surface area contributed by atoms with Crippen molar-refractivity contribution in [2.24, 2.45) is 0 Å². The van der Waals surface area contributed by atoms with Gasteiger partial charge in [-0.1, -0.05) is 18.2 Å². The zero-order chi connectivity index (χ0) is 20.8. The summed E-state index contributed by atoms with van der Waals surface area (Å²) in [5.74, 6) is -0.665. The first kappa shape index (κ1) is 19.1. The molecule has 0 bridgehead atoms. The first-order valence-corrected chi connectivity index (χ1v) is 9.97. The van der Waals surface area contributed by atoms with Gasteiger partial charge in [0.2, 0.25) is 0 Å². The van der Waals surface area contributed by atoms with E-state index in [2.05, 4.69) is 10.4 Å². The van der Waals surface area contributed by atoms with E-state index in [9.17, 15) is 14.4 Å². The highest BCUT2D eigenvalue weighted by Gasteiger charge is 2.46. The Labute approximate surface area is 171 Å². The molecular weight excluding hydrogens is 392 g/mol. The number of fused-ring (bicyclic) bond motifs is 1. The average molecular weight is 412 g/mol. The average Bonchev–Trinajstić information content (AvgIpc) is 3.30. The maximum atomic E-state index is 12.6. The second-order valence-electron chi connectivity index (χ2n) is 7.25. The van der Waals surface area contributed by atoms with Crippen molar-refractivity contribution in [1.82, 2.24) is 20.0 Å². The van der Waals surface area contributed by atoms with Gasteiger partial charge < -0.3 is 10.1 Å². The molecule has 1 saturated heterocycles. The van der Waals surface area contributed by atoms with Crippen LogP contribution in [0.25, 0.3) is 15.9 Å². The fourth-order valence-electron chi connectivity index (χ4n) is 3.19. The third kappa shape index (κ3) is 3.38. The summed E-state index contributed by atoms with van der Waals surface area (Å²) in [6.07, 6.45) is -0.685.